The number of phenols is 1. The summed E-state index contributed by atoms with van der Waals surface area (Å²) in [5.41, 5.74) is 1.02. The third-order valence-electron chi connectivity index (χ3n) is 2.24. The number of Topliss-reactive ketones (excluding diaryl/α,β-unsaturated/α-hetero) is 1. The number of phenolic OH excluding ortho intramolecular Hbond substituents is 1. The summed E-state index contributed by atoms with van der Waals surface area (Å²) in [5.74, 6) is 0.999. The molecule has 0 amide bonds. The van der Waals surface area contributed by atoms with Crippen LogP contribution in [0.15, 0.2) is 24.3 Å². The van der Waals surface area contributed by atoms with Crippen molar-refractivity contribution in [2.45, 2.75) is 33.1 Å². The van der Waals surface area contributed by atoms with E-state index < -0.39 is 0 Å². The molecule has 1 rings (SSSR count). The largest absolute Gasteiger partial charge is 0.508 e. The molecule has 0 aliphatic heterocycles. The van der Waals surface area contributed by atoms with Gasteiger partial charge in [-0.2, -0.15) is 0 Å². The Hall–Kier alpha value is -1.31. The van der Waals surface area contributed by atoms with Crippen LogP contribution < -0.4 is 0 Å². The molecule has 1 aromatic carbocycles. The third kappa shape index (κ3) is 4.63. The van der Waals surface area contributed by atoms with Crippen LogP contribution in [-0.4, -0.2) is 10.9 Å². The van der Waals surface area contributed by atoms with Crippen LogP contribution >= 0.6 is 0 Å². The summed E-state index contributed by atoms with van der Waals surface area (Å²) < 4.78 is 0. The van der Waals surface area contributed by atoms with Gasteiger partial charge in [0.25, 0.3) is 0 Å². The van der Waals surface area contributed by atoms with Gasteiger partial charge >= 0.3 is 0 Å². The van der Waals surface area contributed by atoms with E-state index in [4.69, 9.17) is 0 Å². The molecule has 2 heteroatoms. The van der Waals surface area contributed by atoms with Crippen LogP contribution in [-0.2, 0) is 11.2 Å². The maximum absolute atomic E-state index is 11.4. The lowest BCUT2D eigenvalue weighted by molar-refractivity contribution is -0.119. The van der Waals surface area contributed by atoms with Crippen LogP contribution in [0.1, 0.15) is 32.3 Å². The molecule has 0 saturated heterocycles. The quantitative estimate of drug-likeness (QED) is 0.804. The van der Waals surface area contributed by atoms with Crippen LogP contribution in [0, 0.1) is 5.92 Å². The topological polar surface area (TPSA) is 37.3 Å². The highest BCUT2D eigenvalue weighted by molar-refractivity contribution is 5.78. The Morgan fingerprint density at radius 2 is 2.13 bits per heavy atom. The average molecular weight is 206 g/mol. The van der Waals surface area contributed by atoms with Crippen molar-refractivity contribution in [1.29, 1.82) is 0 Å². The third-order valence-corrected chi connectivity index (χ3v) is 2.24. The molecular formula is C13H18O2. The van der Waals surface area contributed by atoms with E-state index in [2.05, 4.69) is 0 Å². The van der Waals surface area contributed by atoms with Crippen LogP contribution in [0.25, 0.3) is 0 Å². The molecule has 0 bridgehead atoms. The minimum absolute atomic E-state index is 0.267. The molecule has 82 valence electrons. The lowest BCUT2D eigenvalue weighted by Crippen LogP contribution is -2.04. The van der Waals surface area contributed by atoms with E-state index >= 15 is 0 Å². The fourth-order valence-corrected chi connectivity index (χ4v) is 1.55. The van der Waals surface area contributed by atoms with E-state index in [1.54, 1.807) is 18.2 Å². The van der Waals surface area contributed by atoms with Crippen molar-refractivity contribution in [1.82, 2.24) is 0 Å². The highest BCUT2D eigenvalue weighted by Gasteiger charge is 2.05. The number of rotatable bonds is 5. The summed E-state index contributed by atoms with van der Waals surface area (Å²) in [7, 11) is 0. The van der Waals surface area contributed by atoms with Gasteiger partial charge in [-0.05, 0) is 30.0 Å². The van der Waals surface area contributed by atoms with E-state index in [-0.39, 0.29) is 5.75 Å². The second-order valence-electron chi connectivity index (χ2n) is 4.31. The van der Waals surface area contributed by atoms with Crippen LogP contribution in [0.4, 0.5) is 0 Å². The molecule has 0 spiro atoms. The monoisotopic (exact) mass is 206 g/mol. The van der Waals surface area contributed by atoms with Gasteiger partial charge in [-0.1, -0.05) is 26.0 Å². The predicted octanol–water partition coefficient (Wildman–Crippen LogP) is 2.94. The smallest absolute Gasteiger partial charge is 0.133 e. The number of aromatic hydroxyl groups is 1. The van der Waals surface area contributed by atoms with Gasteiger partial charge in [0.1, 0.15) is 11.5 Å². The van der Waals surface area contributed by atoms with Crippen molar-refractivity contribution in [2.75, 3.05) is 0 Å². The molecule has 0 atom stereocenters. The van der Waals surface area contributed by atoms with Crippen molar-refractivity contribution in [3.63, 3.8) is 0 Å². The second-order valence-corrected chi connectivity index (χ2v) is 4.31. The maximum atomic E-state index is 11.4. The number of carbonyl (C=O) groups is 1. The zero-order valence-electron chi connectivity index (χ0n) is 9.36. The van der Waals surface area contributed by atoms with Crippen molar-refractivity contribution < 1.29 is 9.90 Å². The van der Waals surface area contributed by atoms with Crippen molar-refractivity contribution >= 4 is 5.78 Å². The number of carbonyl (C=O) groups excluding carboxylic acids is 1. The van der Waals surface area contributed by atoms with Crippen LogP contribution in [0.3, 0.4) is 0 Å². The van der Waals surface area contributed by atoms with Crippen LogP contribution in [0.2, 0.25) is 0 Å². The fourth-order valence-electron chi connectivity index (χ4n) is 1.55. The number of benzene rings is 1. The van der Waals surface area contributed by atoms with Gasteiger partial charge in [-0.3, -0.25) is 4.79 Å². The minimum Gasteiger partial charge on any atom is -0.508 e. The summed E-state index contributed by atoms with van der Waals surface area (Å²) >= 11 is 0. The second kappa shape index (κ2) is 5.54. The Bertz CT molecular complexity index is 329. The first kappa shape index (κ1) is 11.8. The zero-order valence-corrected chi connectivity index (χ0v) is 9.36. The lowest BCUT2D eigenvalue weighted by atomic mass is 10.0. The van der Waals surface area contributed by atoms with Gasteiger partial charge < -0.3 is 5.11 Å². The molecule has 0 unspecified atom stereocenters. The first-order valence-corrected chi connectivity index (χ1v) is 5.37. The van der Waals surface area contributed by atoms with Crippen molar-refractivity contribution in [3.05, 3.63) is 29.8 Å². The SMILES string of the molecule is CC(C)CC(=O)CCc1cccc(O)c1. The van der Waals surface area contributed by atoms with Gasteiger partial charge in [-0.25, -0.2) is 0 Å². The molecule has 0 radical (unpaired) electrons. The number of hydrogen-bond donors (Lipinski definition) is 1. The maximum Gasteiger partial charge on any atom is 0.133 e. The first-order chi connectivity index (χ1) is 7.08. The molecular weight excluding hydrogens is 188 g/mol. The van der Waals surface area contributed by atoms with Gasteiger partial charge in [-0.15, -0.1) is 0 Å². The van der Waals surface area contributed by atoms with E-state index in [1.807, 2.05) is 19.9 Å². The standard InChI is InChI=1S/C13H18O2/c1-10(2)8-13(15)7-6-11-4-3-5-12(14)9-11/h3-5,9-10,14H,6-8H2,1-2H3. The normalized spacial score (nSPS) is 10.6. The Morgan fingerprint density at radius 1 is 1.40 bits per heavy atom. The summed E-state index contributed by atoms with van der Waals surface area (Å²) in [6.07, 6.45) is 1.94. The number of ketones is 1. The molecule has 0 aliphatic carbocycles. The van der Waals surface area contributed by atoms with E-state index in [0.29, 0.717) is 24.5 Å². The molecule has 0 saturated carbocycles. The number of aryl methyl sites for hydroxylation is 1. The average Bonchev–Trinajstić information content (AvgIpc) is 2.14. The Morgan fingerprint density at radius 3 is 2.73 bits per heavy atom. The molecule has 0 aliphatic rings. The molecule has 2 nitrogen and oxygen atoms in total. The van der Waals surface area contributed by atoms with Gasteiger partial charge in [0.15, 0.2) is 0 Å². The van der Waals surface area contributed by atoms with Gasteiger partial charge in [0.2, 0.25) is 0 Å². The Labute approximate surface area is 90.9 Å². The van der Waals surface area contributed by atoms with E-state index in [1.165, 1.54) is 0 Å². The summed E-state index contributed by atoms with van der Waals surface area (Å²) in [6, 6.07) is 7.09. The van der Waals surface area contributed by atoms with Crippen molar-refractivity contribution in [2.24, 2.45) is 5.92 Å². The van der Waals surface area contributed by atoms with E-state index in [9.17, 15) is 9.90 Å². The molecule has 1 N–H and O–H groups in total. The minimum atomic E-state index is 0.267. The Kier molecular flexibility index (Phi) is 4.35. The predicted molar refractivity (Wildman–Crippen MR) is 60.9 cm³/mol. The first-order valence-electron chi connectivity index (χ1n) is 5.37. The molecule has 15 heavy (non-hydrogen) atoms. The summed E-state index contributed by atoms with van der Waals surface area (Å²) in [4.78, 5) is 11.4. The van der Waals surface area contributed by atoms with E-state index in [0.717, 1.165) is 12.0 Å². The van der Waals surface area contributed by atoms with Gasteiger partial charge in [0.05, 0.1) is 0 Å². The highest BCUT2D eigenvalue weighted by Crippen LogP contribution is 2.13. The van der Waals surface area contributed by atoms with Gasteiger partial charge in [0, 0.05) is 12.8 Å². The Balaban J connectivity index is 2.40. The summed E-state index contributed by atoms with van der Waals surface area (Å²) in [5, 5.41) is 9.24. The molecule has 1 aromatic rings. The van der Waals surface area contributed by atoms with Crippen LogP contribution in [0.5, 0.6) is 5.75 Å². The highest BCUT2D eigenvalue weighted by atomic mass is 16.3. The molecule has 0 fully saturated rings. The summed E-state index contributed by atoms with van der Waals surface area (Å²) in [6.45, 7) is 4.10. The lowest BCUT2D eigenvalue weighted by Gasteiger charge is -2.04. The number of hydrogen-bond acceptors (Lipinski definition) is 2. The van der Waals surface area contributed by atoms with Crippen molar-refractivity contribution in [3.8, 4) is 5.75 Å². The molecule has 0 aromatic heterocycles. The zero-order chi connectivity index (χ0) is 11.3. The fraction of sp³-hybridized carbons (Fsp3) is 0.462. The molecule has 0 heterocycles.